The number of nitrogens with one attached hydrogen (secondary N) is 2. The van der Waals surface area contributed by atoms with E-state index in [0.29, 0.717) is 0 Å². The van der Waals surface area contributed by atoms with Gasteiger partial charge >= 0.3 is 0 Å². The number of hydrogen-bond donors (Lipinski definition) is 18. The Morgan fingerprint density at radius 3 is 1.43 bits per heavy atom. The maximum absolute atomic E-state index is 12.8. The molecule has 6 saturated heterocycles. The van der Waals surface area contributed by atoms with Gasteiger partial charge in [0.1, 0.15) is 134 Å². The number of ether oxygens (including phenoxy) is 11. The Labute approximate surface area is 397 Å². The molecular formula is C39H66N2O29. The summed E-state index contributed by atoms with van der Waals surface area (Å²) in [5.74, 6) is -1.60. The fourth-order valence-electron chi connectivity index (χ4n) is 8.94. The van der Waals surface area contributed by atoms with Gasteiger partial charge in [-0.1, -0.05) is 0 Å². The summed E-state index contributed by atoms with van der Waals surface area (Å²) in [6.07, 6.45) is -48.6. The van der Waals surface area contributed by atoms with Gasteiger partial charge in [0.15, 0.2) is 37.7 Å². The monoisotopic (exact) mass is 1030 g/mol. The van der Waals surface area contributed by atoms with Crippen LogP contribution in [0.4, 0.5) is 0 Å². The van der Waals surface area contributed by atoms with Crippen molar-refractivity contribution < 1.29 is 143 Å². The van der Waals surface area contributed by atoms with E-state index >= 15 is 0 Å². The van der Waals surface area contributed by atoms with Crippen LogP contribution >= 0.6 is 0 Å². The highest BCUT2D eigenvalue weighted by Gasteiger charge is 2.58. The molecule has 406 valence electrons. The van der Waals surface area contributed by atoms with Gasteiger partial charge in [-0.2, -0.15) is 0 Å². The summed E-state index contributed by atoms with van der Waals surface area (Å²) in [6, 6.07) is -3.40. The van der Waals surface area contributed by atoms with E-state index in [2.05, 4.69) is 10.6 Å². The van der Waals surface area contributed by atoms with Crippen molar-refractivity contribution in [3.63, 3.8) is 0 Å². The number of aliphatic hydroxyl groups is 16. The van der Waals surface area contributed by atoms with Crippen LogP contribution in [0.3, 0.4) is 0 Å². The van der Waals surface area contributed by atoms with E-state index in [4.69, 9.17) is 52.1 Å². The number of hydrogen-bond acceptors (Lipinski definition) is 29. The molecule has 0 spiro atoms. The number of carbonyl (C=O) groups excluding carboxylic acids is 2. The molecule has 18 N–H and O–H groups in total. The van der Waals surface area contributed by atoms with E-state index in [1.807, 2.05) is 0 Å². The average Bonchev–Trinajstić information content (AvgIpc) is 3.60. The second-order valence-electron chi connectivity index (χ2n) is 17.8. The molecule has 6 aliphatic heterocycles. The maximum atomic E-state index is 12.8. The Hall–Kier alpha value is -2.14. The van der Waals surface area contributed by atoms with E-state index in [-0.39, 0.29) is 0 Å². The highest BCUT2D eigenvalue weighted by atomic mass is 16.8. The predicted molar refractivity (Wildman–Crippen MR) is 215 cm³/mol. The maximum Gasteiger partial charge on any atom is 0.217 e. The Kier molecular flexibility index (Phi) is 20.0. The molecule has 0 unspecified atom stereocenters. The molecule has 6 aliphatic rings. The first-order valence-corrected chi connectivity index (χ1v) is 22.4. The molecule has 0 aromatic carbocycles. The molecule has 6 heterocycles. The lowest BCUT2D eigenvalue weighted by atomic mass is 9.93. The Morgan fingerprint density at radius 1 is 0.400 bits per heavy atom. The molecule has 29 atom stereocenters. The molecule has 0 aliphatic carbocycles. The molecule has 0 saturated carbocycles. The van der Waals surface area contributed by atoms with Crippen LogP contribution in [-0.4, -0.2) is 305 Å². The summed E-state index contributed by atoms with van der Waals surface area (Å²) in [4.78, 5) is 25.2. The van der Waals surface area contributed by atoms with Gasteiger partial charge < -0.3 is 144 Å². The highest BCUT2D eigenvalue weighted by Crippen LogP contribution is 2.37. The van der Waals surface area contributed by atoms with Gasteiger partial charge in [0.05, 0.1) is 39.1 Å². The third-order valence-electron chi connectivity index (χ3n) is 12.8. The lowest BCUT2D eigenvalue weighted by molar-refractivity contribution is -0.383. The van der Waals surface area contributed by atoms with Crippen LogP contribution in [0.5, 0.6) is 0 Å². The van der Waals surface area contributed by atoms with Gasteiger partial charge in [-0.25, -0.2) is 0 Å². The summed E-state index contributed by atoms with van der Waals surface area (Å²) in [6.45, 7) is -1.07. The van der Waals surface area contributed by atoms with E-state index in [9.17, 15) is 91.3 Å². The van der Waals surface area contributed by atoms with Crippen molar-refractivity contribution >= 4 is 11.8 Å². The zero-order valence-electron chi connectivity index (χ0n) is 37.7. The van der Waals surface area contributed by atoms with Gasteiger partial charge in [0.2, 0.25) is 11.8 Å². The second kappa shape index (κ2) is 24.5. The standard InChI is InChI=1S/C39H66N2O29/c1-9-19(48)24(53)29(58)37(61-9)69-32-18(41-11(3)47)34(59)62-15(7-45)31(32)68-35-17(40-10(2)46)23(52)30(14(6-44)65-35)67-39-33(70-38-27(56)21(50)13(5-43)64-38)26(55)22(51)16(66-39)8-60-36-28(57)25(54)20(49)12(4-42)63-36/h9,12-39,42-45,48-59H,4-8H2,1-3H3,(H,40,46)(H,41,47)/t9-,12+,13-,14+,15+,16+,17+,18+,19+,20+,21-,22+,23+,24+,25-,26-,27+,28-,29-,30+,31+,32+,33-,34+,35-,36-,37-,38-,39-/m0/s1. The van der Waals surface area contributed by atoms with Gasteiger partial charge in [-0.15, -0.1) is 0 Å². The quantitative estimate of drug-likeness (QED) is 0.0643. The van der Waals surface area contributed by atoms with Crippen LogP contribution in [0.1, 0.15) is 20.8 Å². The van der Waals surface area contributed by atoms with Gasteiger partial charge in [0, 0.05) is 13.8 Å². The lowest BCUT2D eigenvalue weighted by Crippen LogP contribution is -2.71. The molecule has 0 radical (unpaired) electrons. The Morgan fingerprint density at radius 2 is 0.829 bits per heavy atom. The van der Waals surface area contributed by atoms with Crippen LogP contribution in [0.25, 0.3) is 0 Å². The first-order chi connectivity index (χ1) is 33.1. The van der Waals surface area contributed by atoms with Crippen LogP contribution < -0.4 is 10.6 Å². The van der Waals surface area contributed by atoms with Crippen molar-refractivity contribution in [2.24, 2.45) is 0 Å². The van der Waals surface area contributed by atoms with E-state index < -0.39 is 223 Å². The third-order valence-corrected chi connectivity index (χ3v) is 12.8. The summed E-state index contributed by atoms with van der Waals surface area (Å²) in [5.41, 5.74) is 0. The minimum atomic E-state index is -2.13. The fraction of sp³-hybridized carbons (Fsp3) is 0.949. The average molecular weight is 1030 g/mol. The fourth-order valence-corrected chi connectivity index (χ4v) is 8.94. The Balaban J connectivity index is 1.29. The normalized spacial score (nSPS) is 50.1. The molecule has 0 bridgehead atoms. The number of aliphatic hydroxyl groups excluding tert-OH is 16. The van der Waals surface area contributed by atoms with Crippen molar-refractivity contribution in [2.45, 2.75) is 199 Å². The van der Waals surface area contributed by atoms with Crippen LogP contribution in [-0.2, 0) is 61.7 Å². The SMILES string of the molecule is CC(=O)N[C@@H]1[C@@H](O[C@@H]2O[C@@H](C)[C@@H](O)[C@@H](O)[C@@H]2O)[C@H](O[C@@H]2O[C@H](CO)[C@@H](O[C@@H]3O[C@H](CO[C@H]4O[C@H](CO)[C@@H](O)[C@H](O)[C@@H]4O)[C@@H](O)[C@H](O)[C@@H]3O[C@@H]3O[C@@H](CO)[C@H](O)[C@H]3O)[C@H](O)[C@H]2NC(C)=O)[C@@H](CO)O[C@H]1O. The van der Waals surface area contributed by atoms with Crippen molar-refractivity contribution in [1.29, 1.82) is 0 Å². The molecule has 2 amide bonds. The van der Waals surface area contributed by atoms with E-state index in [1.54, 1.807) is 0 Å². The smallest absolute Gasteiger partial charge is 0.217 e. The molecule has 6 rings (SSSR count). The zero-order chi connectivity index (χ0) is 51.6. The minimum Gasteiger partial charge on any atom is -0.394 e. The second-order valence-corrected chi connectivity index (χ2v) is 17.8. The van der Waals surface area contributed by atoms with Crippen LogP contribution in [0, 0.1) is 0 Å². The summed E-state index contributed by atoms with van der Waals surface area (Å²) in [5, 5.41) is 175. The van der Waals surface area contributed by atoms with Gasteiger partial charge in [-0.05, 0) is 6.92 Å². The molecule has 0 aromatic heterocycles. The molecule has 31 heteroatoms. The third kappa shape index (κ3) is 12.2. The minimum absolute atomic E-state index is 0.761. The van der Waals surface area contributed by atoms with Gasteiger partial charge in [0.25, 0.3) is 0 Å². The van der Waals surface area contributed by atoms with Crippen molar-refractivity contribution in [2.75, 3.05) is 33.0 Å². The Bertz CT molecular complexity index is 1680. The van der Waals surface area contributed by atoms with Crippen molar-refractivity contribution in [3.05, 3.63) is 0 Å². The highest BCUT2D eigenvalue weighted by molar-refractivity contribution is 5.73. The topological polar surface area (TPSA) is 483 Å². The number of amides is 2. The predicted octanol–water partition coefficient (Wildman–Crippen LogP) is -12.1. The van der Waals surface area contributed by atoms with Crippen LogP contribution in [0.15, 0.2) is 0 Å². The number of rotatable bonds is 17. The van der Waals surface area contributed by atoms with Crippen molar-refractivity contribution in [1.82, 2.24) is 10.6 Å². The molecular weight excluding hydrogens is 960 g/mol. The summed E-state index contributed by atoms with van der Waals surface area (Å²) in [7, 11) is 0. The molecule has 70 heavy (non-hydrogen) atoms. The number of carbonyl (C=O) groups is 2. The van der Waals surface area contributed by atoms with E-state index in [0.717, 1.165) is 13.8 Å². The molecule has 6 fully saturated rings. The first kappa shape index (κ1) is 57.1. The summed E-state index contributed by atoms with van der Waals surface area (Å²) < 4.78 is 63.6. The molecule has 0 aromatic rings. The molecule has 31 nitrogen and oxygen atoms in total. The van der Waals surface area contributed by atoms with E-state index in [1.165, 1.54) is 6.92 Å². The first-order valence-electron chi connectivity index (χ1n) is 22.4. The van der Waals surface area contributed by atoms with Crippen molar-refractivity contribution in [3.8, 4) is 0 Å². The zero-order valence-corrected chi connectivity index (χ0v) is 37.7. The summed E-state index contributed by atoms with van der Waals surface area (Å²) >= 11 is 0. The van der Waals surface area contributed by atoms with Gasteiger partial charge in [-0.3, -0.25) is 9.59 Å². The lowest BCUT2D eigenvalue weighted by Gasteiger charge is -2.51. The largest absolute Gasteiger partial charge is 0.394 e. The van der Waals surface area contributed by atoms with Crippen LogP contribution in [0.2, 0.25) is 0 Å².